The number of nitrogens with one attached hydrogen (secondary N) is 3. The van der Waals surface area contributed by atoms with E-state index in [4.69, 9.17) is 0 Å². The van der Waals surface area contributed by atoms with Crippen molar-refractivity contribution < 1.29 is 18.1 Å². The maximum absolute atomic E-state index is 12.1. The van der Waals surface area contributed by atoms with E-state index >= 15 is 0 Å². The van der Waals surface area contributed by atoms with Crippen LogP contribution in [-0.2, 0) is 14.8 Å². The molecule has 0 aliphatic carbocycles. The van der Waals surface area contributed by atoms with Crippen molar-refractivity contribution in [3.63, 3.8) is 0 Å². The quantitative estimate of drug-likeness (QED) is 0.511. The number of carbonyl (C=O) groups is 1. The Morgan fingerprint density at radius 2 is 2.25 bits per heavy atom. The van der Waals surface area contributed by atoms with Gasteiger partial charge in [0.2, 0.25) is 5.91 Å². The van der Waals surface area contributed by atoms with Gasteiger partial charge in [-0.25, -0.2) is 13.1 Å². The Kier molecular flexibility index (Phi) is 3.92. The Bertz CT molecular complexity index is 653. The van der Waals surface area contributed by atoms with Crippen molar-refractivity contribution in [1.29, 1.82) is 0 Å². The smallest absolute Gasteiger partial charge is 0.304 e. The summed E-state index contributed by atoms with van der Waals surface area (Å²) in [7, 11) is -2.41. The van der Waals surface area contributed by atoms with Gasteiger partial charge < -0.3 is 10.6 Å². The zero-order valence-corrected chi connectivity index (χ0v) is 12.0. The van der Waals surface area contributed by atoms with Gasteiger partial charge in [0.15, 0.2) is 5.00 Å². The molecule has 1 fully saturated rings. The molecular formula is C9H12N4O5S2. The molecule has 1 saturated heterocycles. The van der Waals surface area contributed by atoms with Crippen LogP contribution in [0, 0.1) is 10.1 Å². The molecule has 1 aliphatic heterocycles. The molecule has 1 aromatic rings. The number of carbonyl (C=O) groups excluding carboxylic acids is 1. The van der Waals surface area contributed by atoms with E-state index in [1.54, 1.807) is 0 Å². The fourth-order valence-corrected chi connectivity index (χ4v) is 4.31. The summed E-state index contributed by atoms with van der Waals surface area (Å²) < 4.78 is 26.4. The lowest BCUT2D eigenvalue weighted by Crippen LogP contribution is -2.35. The predicted octanol–water partition coefficient (Wildman–Crippen LogP) is -0.135. The highest BCUT2D eigenvalue weighted by molar-refractivity contribution is 7.91. The molecule has 1 atom stereocenters. The van der Waals surface area contributed by atoms with E-state index in [1.165, 1.54) is 7.05 Å². The van der Waals surface area contributed by atoms with Crippen molar-refractivity contribution in [2.45, 2.75) is 16.7 Å². The molecule has 1 aromatic heterocycles. The Morgan fingerprint density at radius 1 is 1.55 bits per heavy atom. The molecule has 11 heteroatoms. The number of amides is 1. The molecular weight excluding hydrogens is 308 g/mol. The molecule has 0 aromatic carbocycles. The van der Waals surface area contributed by atoms with Crippen LogP contribution in [0.1, 0.15) is 6.42 Å². The molecule has 3 N–H and O–H groups in total. The number of nitrogens with zero attached hydrogens (tertiary/aromatic N) is 1. The van der Waals surface area contributed by atoms with Crippen molar-refractivity contribution in [3.05, 3.63) is 16.2 Å². The van der Waals surface area contributed by atoms with Gasteiger partial charge in [-0.1, -0.05) is 11.3 Å². The summed E-state index contributed by atoms with van der Waals surface area (Å²) in [5, 5.41) is 16.1. The van der Waals surface area contributed by atoms with Gasteiger partial charge in [0.1, 0.15) is 4.21 Å². The fourth-order valence-electron chi connectivity index (χ4n) is 1.77. The molecule has 110 valence electrons. The second-order valence-electron chi connectivity index (χ2n) is 4.11. The van der Waals surface area contributed by atoms with Crippen LogP contribution < -0.4 is 15.4 Å². The first-order chi connectivity index (χ1) is 9.33. The van der Waals surface area contributed by atoms with E-state index in [0.29, 0.717) is 0 Å². The van der Waals surface area contributed by atoms with Crippen molar-refractivity contribution >= 4 is 38.0 Å². The highest BCUT2D eigenvalue weighted by atomic mass is 32.2. The molecule has 1 aliphatic rings. The van der Waals surface area contributed by atoms with Crippen LogP contribution in [0.4, 0.5) is 10.7 Å². The third kappa shape index (κ3) is 2.89. The Labute approximate surface area is 118 Å². The third-order valence-electron chi connectivity index (χ3n) is 2.68. The number of sulfonamides is 1. The summed E-state index contributed by atoms with van der Waals surface area (Å²) in [6.45, 7) is 0.213. The van der Waals surface area contributed by atoms with Crippen LogP contribution >= 0.6 is 11.3 Å². The van der Waals surface area contributed by atoms with E-state index in [1.807, 2.05) is 0 Å². The molecule has 1 unspecified atom stereocenters. The first-order valence-electron chi connectivity index (χ1n) is 5.58. The van der Waals surface area contributed by atoms with Gasteiger partial charge in [0, 0.05) is 32.1 Å². The third-order valence-corrected chi connectivity index (χ3v) is 5.81. The normalized spacial score (nSPS) is 18.9. The average Bonchev–Trinajstić information content (AvgIpc) is 2.95. The summed E-state index contributed by atoms with van der Waals surface area (Å²) in [6.07, 6.45) is 0.0611. The highest BCUT2D eigenvalue weighted by Crippen LogP contribution is 2.36. The van der Waals surface area contributed by atoms with E-state index in [0.717, 1.165) is 17.4 Å². The second-order valence-corrected chi connectivity index (χ2v) is 7.11. The van der Waals surface area contributed by atoms with Gasteiger partial charge in [-0.05, 0) is 0 Å². The molecule has 0 radical (unpaired) electrons. The first kappa shape index (κ1) is 14.7. The first-order valence-corrected chi connectivity index (χ1v) is 7.88. The van der Waals surface area contributed by atoms with E-state index in [2.05, 4.69) is 15.4 Å². The number of hydrogen-bond acceptors (Lipinski definition) is 7. The van der Waals surface area contributed by atoms with Crippen LogP contribution in [0.3, 0.4) is 0 Å². The molecule has 2 rings (SSSR count). The summed E-state index contributed by atoms with van der Waals surface area (Å²) in [6, 6.07) is 0.468. The maximum Gasteiger partial charge on any atom is 0.304 e. The number of rotatable bonds is 5. The second kappa shape index (κ2) is 5.34. The summed E-state index contributed by atoms with van der Waals surface area (Å²) >= 11 is 0.770. The maximum atomic E-state index is 12.1. The molecule has 0 bridgehead atoms. The minimum atomic E-state index is -3.88. The zero-order chi connectivity index (χ0) is 14.9. The van der Waals surface area contributed by atoms with E-state index < -0.39 is 21.0 Å². The number of hydrogen-bond donors (Lipinski definition) is 3. The number of thiophene rings is 1. The zero-order valence-electron chi connectivity index (χ0n) is 10.4. The lowest BCUT2D eigenvalue weighted by molar-refractivity contribution is -0.383. The Balaban J connectivity index is 2.25. The van der Waals surface area contributed by atoms with Gasteiger partial charge in [-0.2, -0.15) is 0 Å². The minimum absolute atomic E-state index is 0.0611. The molecule has 2 heterocycles. The standard InChI is InChI=1S/C9H12N4O5S2/c1-10-9-6(13(15)16)3-8(19-9)20(17,18)12-5-2-7(14)11-4-5/h3,5,10,12H,2,4H2,1H3,(H,11,14). The SMILES string of the molecule is CNc1sc(S(=O)(=O)NC2CNC(=O)C2)cc1[N+](=O)[O-]. The van der Waals surface area contributed by atoms with Crippen LogP contribution in [-0.4, -0.2) is 38.9 Å². The van der Waals surface area contributed by atoms with Crippen molar-refractivity contribution in [1.82, 2.24) is 10.0 Å². The Hall–Kier alpha value is -1.72. The fraction of sp³-hybridized carbons (Fsp3) is 0.444. The Morgan fingerprint density at radius 3 is 2.70 bits per heavy atom. The lowest BCUT2D eigenvalue weighted by atomic mass is 10.3. The summed E-state index contributed by atoms with van der Waals surface area (Å²) in [5.41, 5.74) is -0.293. The van der Waals surface area contributed by atoms with Gasteiger partial charge in [-0.15, -0.1) is 0 Å². The van der Waals surface area contributed by atoms with Gasteiger partial charge in [0.25, 0.3) is 10.0 Å². The van der Waals surface area contributed by atoms with Crippen molar-refractivity contribution in [2.24, 2.45) is 0 Å². The van der Waals surface area contributed by atoms with Crippen molar-refractivity contribution in [3.8, 4) is 0 Å². The van der Waals surface area contributed by atoms with Gasteiger partial charge >= 0.3 is 5.69 Å². The largest absolute Gasteiger partial charge is 0.374 e. The van der Waals surface area contributed by atoms with Crippen LogP contribution in [0.5, 0.6) is 0 Å². The highest BCUT2D eigenvalue weighted by Gasteiger charge is 2.30. The van der Waals surface area contributed by atoms with Crippen LogP contribution in [0.2, 0.25) is 0 Å². The van der Waals surface area contributed by atoms with Gasteiger partial charge in [-0.3, -0.25) is 14.9 Å². The molecule has 9 nitrogen and oxygen atoms in total. The monoisotopic (exact) mass is 320 g/mol. The minimum Gasteiger partial charge on any atom is -0.374 e. The summed E-state index contributed by atoms with van der Waals surface area (Å²) in [5.74, 6) is -0.231. The van der Waals surface area contributed by atoms with E-state index in [-0.39, 0.29) is 33.8 Å². The summed E-state index contributed by atoms with van der Waals surface area (Å²) in [4.78, 5) is 21.2. The van der Waals surface area contributed by atoms with E-state index in [9.17, 15) is 23.3 Å². The van der Waals surface area contributed by atoms with Crippen LogP contribution in [0.15, 0.2) is 10.3 Å². The van der Waals surface area contributed by atoms with Crippen LogP contribution in [0.25, 0.3) is 0 Å². The predicted molar refractivity (Wildman–Crippen MR) is 72.3 cm³/mol. The lowest BCUT2D eigenvalue weighted by Gasteiger charge is -2.09. The average molecular weight is 320 g/mol. The molecule has 1 amide bonds. The number of nitro groups is 1. The van der Waals surface area contributed by atoms with Gasteiger partial charge in [0.05, 0.1) is 4.92 Å². The molecule has 20 heavy (non-hydrogen) atoms. The topological polar surface area (TPSA) is 130 Å². The molecule has 0 saturated carbocycles. The van der Waals surface area contributed by atoms with Crippen molar-refractivity contribution in [2.75, 3.05) is 18.9 Å². The molecule has 0 spiro atoms. The number of anilines is 1.